The van der Waals surface area contributed by atoms with E-state index in [1.807, 2.05) is 18.2 Å². The van der Waals surface area contributed by atoms with Gasteiger partial charge >= 0.3 is 5.97 Å². The molecule has 1 saturated heterocycles. The molecule has 0 aliphatic carbocycles. The first-order chi connectivity index (χ1) is 12.2. The average Bonchev–Trinajstić information content (AvgIpc) is 3.14. The van der Waals surface area contributed by atoms with Crippen LogP contribution in [0.2, 0.25) is 0 Å². The van der Waals surface area contributed by atoms with Gasteiger partial charge in [0.25, 0.3) is 5.91 Å². The summed E-state index contributed by atoms with van der Waals surface area (Å²) in [5.74, 6) is -1.67. The number of carbonyl (C=O) groups is 2. The Morgan fingerprint density at radius 2 is 1.92 bits per heavy atom. The number of rotatable bonds is 6. The SMILES string of the molecule is O=C(NC[C@@H](c1ccccc1)N1CCCCC1)c1nc[nH]c1C(=O)O. The molecule has 132 valence electrons. The van der Waals surface area contributed by atoms with Gasteiger partial charge in [0.05, 0.1) is 12.4 Å². The van der Waals surface area contributed by atoms with E-state index in [1.54, 1.807) is 0 Å². The van der Waals surface area contributed by atoms with Crippen LogP contribution < -0.4 is 5.32 Å². The van der Waals surface area contributed by atoms with Gasteiger partial charge in [0.1, 0.15) is 0 Å². The highest BCUT2D eigenvalue weighted by atomic mass is 16.4. The fourth-order valence-electron chi connectivity index (χ4n) is 3.27. The molecule has 0 spiro atoms. The molecule has 3 rings (SSSR count). The molecule has 3 N–H and O–H groups in total. The van der Waals surface area contributed by atoms with Crippen molar-refractivity contribution in [3.63, 3.8) is 0 Å². The monoisotopic (exact) mass is 342 g/mol. The predicted octanol–water partition coefficient (Wildman–Crippen LogP) is 2.06. The zero-order valence-electron chi connectivity index (χ0n) is 13.9. The minimum Gasteiger partial charge on any atom is -0.477 e. The molecule has 1 aliphatic rings. The van der Waals surface area contributed by atoms with E-state index < -0.39 is 11.9 Å². The summed E-state index contributed by atoms with van der Waals surface area (Å²) < 4.78 is 0. The number of nitrogens with zero attached hydrogens (tertiary/aromatic N) is 2. The van der Waals surface area contributed by atoms with Gasteiger partial charge in [-0.15, -0.1) is 0 Å². The van der Waals surface area contributed by atoms with Crippen LogP contribution in [0.5, 0.6) is 0 Å². The predicted molar refractivity (Wildman–Crippen MR) is 92.5 cm³/mol. The lowest BCUT2D eigenvalue weighted by molar-refractivity contribution is 0.0684. The van der Waals surface area contributed by atoms with Gasteiger partial charge in [0.2, 0.25) is 0 Å². The number of aromatic amines is 1. The van der Waals surface area contributed by atoms with Gasteiger partial charge in [0, 0.05) is 6.54 Å². The van der Waals surface area contributed by atoms with Crippen LogP contribution in [0.15, 0.2) is 36.7 Å². The Labute approximate surface area is 146 Å². The van der Waals surface area contributed by atoms with Crippen molar-refractivity contribution in [2.75, 3.05) is 19.6 Å². The molecular weight excluding hydrogens is 320 g/mol. The molecule has 25 heavy (non-hydrogen) atoms. The number of carbonyl (C=O) groups excluding carboxylic acids is 1. The minimum atomic E-state index is -1.20. The molecule has 2 aromatic rings. The van der Waals surface area contributed by atoms with Crippen molar-refractivity contribution >= 4 is 11.9 Å². The van der Waals surface area contributed by atoms with E-state index in [9.17, 15) is 9.59 Å². The smallest absolute Gasteiger partial charge is 0.354 e. The van der Waals surface area contributed by atoms with Gasteiger partial charge in [-0.3, -0.25) is 9.69 Å². The maximum Gasteiger partial charge on any atom is 0.354 e. The summed E-state index contributed by atoms with van der Waals surface area (Å²) in [6, 6.07) is 10.1. The molecule has 1 atom stereocenters. The third kappa shape index (κ3) is 4.06. The molecule has 0 unspecified atom stereocenters. The van der Waals surface area contributed by atoms with E-state index in [4.69, 9.17) is 5.11 Å². The minimum absolute atomic E-state index is 0.0673. The lowest BCUT2D eigenvalue weighted by Crippen LogP contribution is -2.41. The average molecular weight is 342 g/mol. The van der Waals surface area contributed by atoms with E-state index in [2.05, 4.69) is 32.3 Å². The molecule has 7 heteroatoms. The number of hydrogen-bond acceptors (Lipinski definition) is 4. The van der Waals surface area contributed by atoms with Crippen LogP contribution >= 0.6 is 0 Å². The molecule has 1 aromatic heterocycles. The highest BCUT2D eigenvalue weighted by Crippen LogP contribution is 2.24. The standard InChI is InChI=1S/C18H22N4O3/c23-17(15-16(18(24)25)21-12-20-15)19-11-14(13-7-3-1-4-8-13)22-9-5-2-6-10-22/h1,3-4,7-8,12,14H,2,5-6,9-11H2,(H,19,23)(H,20,21)(H,24,25)/t14-/m0/s1. The summed E-state index contributed by atoms with van der Waals surface area (Å²) in [5.41, 5.74) is 0.870. The van der Waals surface area contributed by atoms with Gasteiger partial charge in [-0.2, -0.15) is 0 Å². The van der Waals surface area contributed by atoms with Gasteiger partial charge in [-0.05, 0) is 31.5 Å². The number of nitrogens with one attached hydrogen (secondary N) is 2. The Hall–Kier alpha value is -2.67. The summed E-state index contributed by atoms with van der Waals surface area (Å²) in [4.78, 5) is 32.2. The van der Waals surface area contributed by atoms with Crippen LogP contribution in [0, 0.1) is 0 Å². The Morgan fingerprint density at radius 1 is 1.20 bits per heavy atom. The van der Waals surface area contributed by atoms with Crippen molar-refractivity contribution in [1.82, 2.24) is 20.2 Å². The summed E-state index contributed by atoms with van der Waals surface area (Å²) >= 11 is 0. The van der Waals surface area contributed by atoms with Crippen LogP contribution in [-0.2, 0) is 0 Å². The summed E-state index contributed by atoms with van der Waals surface area (Å²) in [6.45, 7) is 2.41. The van der Waals surface area contributed by atoms with E-state index in [0.29, 0.717) is 6.54 Å². The van der Waals surface area contributed by atoms with Gasteiger partial charge in [0.15, 0.2) is 11.4 Å². The van der Waals surface area contributed by atoms with E-state index in [1.165, 1.54) is 12.7 Å². The second kappa shape index (κ2) is 7.94. The normalized spacial score (nSPS) is 16.3. The number of H-pyrrole nitrogens is 1. The molecule has 1 fully saturated rings. The largest absolute Gasteiger partial charge is 0.477 e. The molecule has 2 heterocycles. The first kappa shape index (κ1) is 17.2. The molecule has 0 radical (unpaired) electrons. The number of likely N-dealkylation sites (tertiary alicyclic amines) is 1. The molecule has 7 nitrogen and oxygen atoms in total. The number of amides is 1. The Morgan fingerprint density at radius 3 is 2.60 bits per heavy atom. The summed E-state index contributed by atoms with van der Waals surface area (Å²) in [7, 11) is 0. The zero-order valence-corrected chi connectivity index (χ0v) is 13.9. The lowest BCUT2D eigenvalue weighted by atomic mass is 10.0. The Bertz CT molecular complexity index is 723. The van der Waals surface area contributed by atoms with Crippen LogP contribution in [0.3, 0.4) is 0 Å². The van der Waals surface area contributed by atoms with E-state index in [0.717, 1.165) is 31.5 Å². The number of aromatic nitrogens is 2. The quantitative estimate of drug-likeness (QED) is 0.746. The first-order valence-electron chi connectivity index (χ1n) is 8.50. The molecule has 0 saturated carbocycles. The Balaban J connectivity index is 1.73. The zero-order chi connectivity index (χ0) is 17.6. The van der Waals surface area contributed by atoms with Crippen LogP contribution in [-0.4, -0.2) is 51.5 Å². The van der Waals surface area contributed by atoms with Crippen molar-refractivity contribution in [2.45, 2.75) is 25.3 Å². The number of piperidine rings is 1. The number of hydrogen-bond donors (Lipinski definition) is 3. The van der Waals surface area contributed by atoms with Crippen molar-refractivity contribution in [2.24, 2.45) is 0 Å². The van der Waals surface area contributed by atoms with Gasteiger partial charge < -0.3 is 15.4 Å². The molecule has 1 amide bonds. The first-order valence-corrected chi connectivity index (χ1v) is 8.50. The topological polar surface area (TPSA) is 98.3 Å². The number of benzene rings is 1. The van der Waals surface area contributed by atoms with Gasteiger partial charge in [-0.1, -0.05) is 36.8 Å². The molecular formula is C18H22N4O3. The summed E-state index contributed by atoms with van der Waals surface area (Å²) in [5, 5.41) is 12.0. The molecule has 1 aliphatic heterocycles. The Kier molecular flexibility index (Phi) is 5.45. The number of imidazole rings is 1. The van der Waals surface area contributed by atoms with Crippen molar-refractivity contribution < 1.29 is 14.7 Å². The van der Waals surface area contributed by atoms with Crippen LogP contribution in [0.25, 0.3) is 0 Å². The van der Waals surface area contributed by atoms with Crippen molar-refractivity contribution in [3.05, 3.63) is 53.6 Å². The van der Waals surface area contributed by atoms with Crippen LogP contribution in [0.4, 0.5) is 0 Å². The van der Waals surface area contributed by atoms with Crippen molar-refractivity contribution in [3.8, 4) is 0 Å². The third-order valence-electron chi connectivity index (χ3n) is 4.54. The van der Waals surface area contributed by atoms with Gasteiger partial charge in [-0.25, -0.2) is 9.78 Å². The molecule has 0 bridgehead atoms. The van der Waals surface area contributed by atoms with Crippen molar-refractivity contribution in [1.29, 1.82) is 0 Å². The van der Waals surface area contributed by atoms with Crippen LogP contribution in [0.1, 0.15) is 51.8 Å². The lowest BCUT2D eigenvalue weighted by Gasteiger charge is -2.35. The maximum absolute atomic E-state index is 12.4. The van der Waals surface area contributed by atoms with E-state index >= 15 is 0 Å². The summed E-state index contributed by atoms with van der Waals surface area (Å²) in [6.07, 6.45) is 4.76. The third-order valence-corrected chi connectivity index (χ3v) is 4.54. The maximum atomic E-state index is 12.4. The second-order valence-corrected chi connectivity index (χ2v) is 6.16. The number of carboxylic acid groups (broad SMARTS) is 1. The van der Waals surface area contributed by atoms with E-state index in [-0.39, 0.29) is 17.4 Å². The second-order valence-electron chi connectivity index (χ2n) is 6.16. The molecule has 1 aromatic carbocycles. The number of carboxylic acids is 1. The fraction of sp³-hybridized carbons (Fsp3) is 0.389. The number of aromatic carboxylic acids is 1. The highest BCUT2D eigenvalue weighted by molar-refractivity contribution is 6.02. The highest BCUT2D eigenvalue weighted by Gasteiger charge is 2.25. The fourth-order valence-corrected chi connectivity index (χ4v) is 3.27.